The summed E-state index contributed by atoms with van der Waals surface area (Å²) in [4.78, 5) is 11.9. The molecule has 2 aromatic carbocycles. The van der Waals surface area contributed by atoms with Crippen molar-refractivity contribution in [3.05, 3.63) is 65.7 Å². The van der Waals surface area contributed by atoms with Gasteiger partial charge in [-0.1, -0.05) is 53.4 Å². The molecule has 0 unspecified atom stereocenters. The van der Waals surface area contributed by atoms with E-state index in [9.17, 15) is 4.79 Å². The summed E-state index contributed by atoms with van der Waals surface area (Å²) in [5, 5.41) is 20.0. The number of amides is 1. The number of benzene rings is 2. The highest BCUT2D eigenvalue weighted by Crippen LogP contribution is 2.28. The summed E-state index contributed by atoms with van der Waals surface area (Å²) in [6.07, 6.45) is 0. The lowest BCUT2D eigenvalue weighted by molar-refractivity contribution is -0.118. The fraction of sp³-hybridized carbons (Fsp3) is 0.111. The van der Waals surface area contributed by atoms with Crippen molar-refractivity contribution in [1.29, 1.82) is 5.26 Å². The number of thioether (sulfide) groups is 1. The Morgan fingerprint density at radius 3 is 2.85 bits per heavy atom. The number of ether oxygens (including phenoxy) is 1. The van der Waals surface area contributed by atoms with Crippen LogP contribution in [0.4, 0.5) is 5.13 Å². The first kappa shape index (κ1) is 17.9. The SMILES string of the molecule is N#Cc1cccc(CSc2nnc(NC(=O)COc3ccccc3)s2)c1. The molecule has 0 aliphatic heterocycles. The Balaban J connectivity index is 1.48. The molecule has 0 aliphatic rings. The molecule has 130 valence electrons. The molecule has 0 aliphatic carbocycles. The van der Waals surface area contributed by atoms with Crippen molar-refractivity contribution in [2.24, 2.45) is 0 Å². The number of carbonyl (C=O) groups is 1. The Bertz CT molecular complexity index is 922. The van der Waals surface area contributed by atoms with E-state index in [1.165, 1.54) is 23.1 Å². The quantitative estimate of drug-likeness (QED) is 0.495. The van der Waals surface area contributed by atoms with Crippen molar-refractivity contribution in [3.63, 3.8) is 0 Å². The molecular formula is C18H14N4O2S2. The van der Waals surface area contributed by atoms with Gasteiger partial charge in [0.05, 0.1) is 11.6 Å². The second-order valence-corrected chi connectivity index (χ2v) is 7.32. The molecule has 1 N–H and O–H groups in total. The fourth-order valence-electron chi connectivity index (χ4n) is 2.02. The van der Waals surface area contributed by atoms with Gasteiger partial charge in [-0.05, 0) is 29.8 Å². The molecule has 0 bridgehead atoms. The second-order valence-electron chi connectivity index (χ2n) is 5.12. The number of anilines is 1. The van der Waals surface area contributed by atoms with Crippen LogP contribution in [0.5, 0.6) is 5.75 Å². The zero-order valence-corrected chi connectivity index (χ0v) is 15.2. The molecule has 1 amide bonds. The summed E-state index contributed by atoms with van der Waals surface area (Å²) >= 11 is 2.80. The van der Waals surface area contributed by atoms with E-state index < -0.39 is 0 Å². The Morgan fingerprint density at radius 1 is 1.19 bits per heavy atom. The van der Waals surface area contributed by atoms with Gasteiger partial charge in [-0.25, -0.2) is 0 Å². The van der Waals surface area contributed by atoms with Gasteiger partial charge < -0.3 is 4.74 Å². The van der Waals surface area contributed by atoms with Crippen LogP contribution in [0.3, 0.4) is 0 Å². The van der Waals surface area contributed by atoms with Crippen molar-refractivity contribution < 1.29 is 9.53 Å². The van der Waals surface area contributed by atoms with Gasteiger partial charge in [0.2, 0.25) is 5.13 Å². The number of rotatable bonds is 7. The van der Waals surface area contributed by atoms with Crippen LogP contribution in [0.2, 0.25) is 0 Å². The van der Waals surface area contributed by atoms with Gasteiger partial charge in [0.25, 0.3) is 5.91 Å². The standard InChI is InChI=1S/C18H14N4O2S2/c19-10-13-5-4-6-14(9-13)12-25-18-22-21-17(26-18)20-16(23)11-24-15-7-2-1-3-8-15/h1-9H,11-12H2,(H,20,21,23). The van der Waals surface area contributed by atoms with Gasteiger partial charge in [-0.15, -0.1) is 10.2 Å². The molecular weight excluding hydrogens is 368 g/mol. The zero-order chi connectivity index (χ0) is 18.2. The van der Waals surface area contributed by atoms with E-state index in [-0.39, 0.29) is 12.5 Å². The van der Waals surface area contributed by atoms with E-state index in [0.717, 1.165) is 9.90 Å². The third kappa shape index (κ3) is 5.31. The van der Waals surface area contributed by atoms with Gasteiger partial charge in [-0.2, -0.15) is 5.26 Å². The average Bonchev–Trinajstić information content (AvgIpc) is 3.13. The summed E-state index contributed by atoms with van der Waals surface area (Å²) in [6.45, 7) is -0.0903. The maximum absolute atomic E-state index is 11.9. The first-order valence-corrected chi connectivity index (χ1v) is 9.46. The van der Waals surface area contributed by atoms with Gasteiger partial charge in [-0.3, -0.25) is 10.1 Å². The topological polar surface area (TPSA) is 87.9 Å². The van der Waals surface area contributed by atoms with Crippen LogP contribution in [0, 0.1) is 11.3 Å². The van der Waals surface area contributed by atoms with Crippen molar-refractivity contribution in [1.82, 2.24) is 10.2 Å². The lowest BCUT2D eigenvalue weighted by atomic mass is 10.2. The van der Waals surface area contributed by atoms with Crippen molar-refractivity contribution >= 4 is 34.1 Å². The molecule has 0 atom stereocenters. The molecule has 3 rings (SSSR count). The first-order chi connectivity index (χ1) is 12.7. The highest BCUT2D eigenvalue weighted by molar-refractivity contribution is 8.00. The van der Waals surface area contributed by atoms with E-state index in [1.54, 1.807) is 18.2 Å². The summed E-state index contributed by atoms with van der Waals surface area (Å²) in [6, 6.07) is 18.7. The maximum atomic E-state index is 11.9. The molecule has 0 saturated carbocycles. The molecule has 6 nitrogen and oxygen atoms in total. The Labute approximate surface area is 158 Å². The number of nitrogens with one attached hydrogen (secondary N) is 1. The van der Waals surface area contributed by atoms with Crippen LogP contribution >= 0.6 is 23.1 Å². The molecule has 1 aromatic heterocycles. The minimum absolute atomic E-state index is 0.0903. The highest BCUT2D eigenvalue weighted by atomic mass is 32.2. The van der Waals surface area contributed by atoms with Crippen LogP contribution in [0.15, 0.2) is 58.9 Å². The van der Waals surface area contributed by atoms with E-state index in [1.807, 2.05) is 36.4 Å². The summed E-state index contributed by atoms with van der Waals surface area (Å²) < 4.78 is 6.13. The van der Waals surface area contributed by atoms with Gasteiger partial charge in [0.1, 0.15) is 5.75 Å². The van der Waals surface area contributed by atoms with Crippen LogP contribution in [-0.4, -0.2) is 22.7 Å². The molecule has 3 aromatic rings. The number of para-hydroxylation sites is 1. The number of nitrogens with zero attached hydrogens (tertiary/aromatic N) is 3. The van der Waals surface area contributed by atoms with E-state index in [2.05, 4.69) is 21.6 Å². The average molecular weight is 382 g/mol. The third-order valence-electron chi connectivity index (χ3n) is 3.18. The van der Waals surface area contributed by atoms with Crippen molar-refractivity contribution in [3.8, 4) is 11.8 Å². The van der Waals surface area contributed by atoms with E-state index in [0.29, 0.717) is 22.2 Å². The highest BCUT2D eigenvalue weighted by Gasteiger charge is 2.09. The Morgan fingerprint density at radius 2 is 2.04 bits per heavy atom. The fourth-order valence-corrected chi connectivity index (χ4v) is 3.73. The summed E-state index contributed by atoms with van der Waals surface area (Å²) in [5.74, 6) is 1.02. The van der Waals surface area contributed by atoms with E-state index >= 15 is 0 Å². The van der Waals surface area contributed by atoms with Gasteiger partial charge in [0.15, 0.2) is 10.9 Å². The number of hydrogen-bond donors (Lipinski definition) is 1. The largest absolute Gasteiger partial charge is 0.484 e. The monoisotopic (exact) mass is 382 g/mol. The predicted octanol–water partition coefficient (Wildman–Crippen LogP) is 3.72. The van der Waals surface area contributed by atoms with Crippen LogP contribution in [0.25, 0.3) is 0 Å². The molecule has 8 heteroatoms. The van der Waals surface area contributed by atoms with Crippen LogP contribution in [-0.2, 0) is 10.5 Å². The molecule has 0 radical (unpaired) electrons. The normalized spacial score (nSPS) is 10.1. The third-order valence-corrected chi connectivity index (χ3v) is 5.23. The molecule has 0 spiro atoms. The van der Waals surface area contributed by atoms with Crippen molar-refractivity contribution in [2.75, 3.05) is 11.9 Å². The summed E-state index contributed by atoms with van der Waals surface area (Å²) in [5.41, 5.74) is 1.66. The zero-order valence-electron chi connectivity index (χ0n) is 13.6. The number of hydrogen-bond acceptors (Lipinski definition) is 7. The van der Waals surface area contributed by atoms with Gasteiger partial charge in [0, 0.05) is 5.75 Å². The lowest BCUT2D eigenvalue weighted by Gasteiger charge is -2.04. The predicted molar refractivity (Wildman–Crippen MR) is 101 cm³/mol. The number of aromatic nitrogens is 2. The Kier molecular flexibility index (Phi) is 6.19. The molecule has 1 heterocycles. The Hall–Kier alpha value is -2.89. The summed E-state index contributed by atoms with van der Waals surface area (Å²) in [7, 11) is 0. The van der Waals surface area contributed by atoms with Crippen LogP contribution < -0.4 is 10.1 Å². The molecule has 0 saturated heterocycles. The number of nitriles is 1. The molecule has 0 fully saturated rings. The minimum atomic E-state index is -0.289. The van der Waals surface area contributed by atoms with Gasteiger partial charge >= 0.3 is 0 Å². The maximum Gasteiger partial charge on any atom is 0.264 e. The smallest absolute Gasteiger partial charge is 0.264 e. The van der Waals surface area contributed by atoms with Crippen LogP contribution in [0.1, 0.15) is 11.1 Å². The molecule has 26 heavy (non-hydrogen) atoms. The first-order valence-electron chi connectivity index (χ1n) is 7.66. The second kappa shape index (κ2) is 8.99. The lowest BCUT2D eigenvalue weighted by Crippen LogP contribution is -2.20. The van der Waals surface area contributed by atoms with Crippen molar-refractivity contribution in [2.45, 2.75) is 10.1 Å². The van der Waals surface area contributed by atoms with E-state index in [4.69, 9.17) is 10.00 Å². The number of carbonyl (C=O) groups excluding carboxylic acids is 1. The minimum Gasteiger partial charge on any atom is -0.484 e.